The summed E-state index contributed by atoms with van der Waals surface area (Å²) in [5, 5.41) is 11.1. The highest BCUT2D eigenvalue weighted by molar-refractivity contribution is 5.63. The molecule has 5 aliphatic carbocycles. The predicted molar refractivity (Wildman–Crippen MR) is 122 cm³/mol. The normalized spacial score (nSPS) is 42.9. The summed E-state index contributed by atoms with van der Waals surface area (Å²) in [4.78, 5) is 2.58. The van der Waals surface area contributed by atoms with E-state index in [1.54, 1.807) is 7.11 Å². The van der Waals surface area contributed by atoms with Crippen molar-refractivity contribution in [2.75, 3.05) is 27.3 Å². The Labute approximate surface area is 203 Å². The van der Waals surface area contributed by atoms with Gasteiger partial charge in [-0.3, -0.25) is 4.90 Å². The van der Waals surface area contributed by atoms with Crippen LogP contribution in [0.2, 0.25) is 0 Å². The average molecular weight is 494 g/mol. The maximum Gasteiger partial charge on any atom is 0.417 e. The van der Waals surface area contributed by atoms with E-state index in [2.05, 4.69) is 11.0 Å². The van der Waals surface area contributed by atoms with Crippen LogP contribution in [-0.2, 0) is 16.6 Å². The van der Waals surface area contributed by atoms with Crippen molar-refractivity contribution in [3.8, 4) is 11.5 Å². The zero-order valence-corrected chi connectivity index (χ0v) is 20.6. The first-order valence-electron chi connectivity index (χ1n) is 13.0. The summed E-state index contributed by atoms with van der Waals surface area (Å²) >= 11 is 0. The third kappa shape index (κ3) is 2.43. The van der Waals surface area contributed by atoms with Gasteiger partial charge in [0.15, 0.2) is 17.1 Å². The molecule has 8 rings (SSSR count). The Morgan fingerprint density at radius 3 is 2.60 bits per heavy atom. The lowest BCUT2D eigenvalue weighted by Gasteiger charge is -2.75. The van der Waals surface area contributed by atoms with E-state index in [4.69, 9.17) is 14.2 Å². The fraction of sp³-hybridized carbons (Fsp3) is 0.778. The Morgan fingerprint density at radius 1 is 1.17 bits per heavy atom. The maximum atomic E-state index is 14.4. The molecule has 0 radical (unpaired) electrons. The van der Waals surface area contributed by atoms with Gasteiger partial charge in [0.25, 0.3) is 0 Å². The van der Waals surface area contributed by atoms with Crippen molar-refractivity contribution in [1.82, 2.24) is 4.90 Å². The number of fused-ring (bicyclic) bond motifs is 2. The number of likely N-dealkylation sites (tertiary alicyclic amines) is 1. The van der Waals surface area contributed by atoms with Crippen LogP contribution in [0.1, 0.15) is 56.6 Å². The van der Waals surface area contributed by atoms with E-state index in [9.17, 15) is 18.3 Å². The highest BCUT2D eigenvalue weighted by atomic mass is 19.4. The van der Waals surface area contributed by atoms with Gasteiger partial charge in [-0.1, -0.05) is 6.07 Å². The minimum absolute atomic E-state index is 0.136. The molecular weight excluding hydrogens is 459 g/mol. The molecule has 4 bridgehead atoms. The molecule has 1 aromatic carbocycles. The van der Waals surface area contributed by atoms with Crippen LogP contribution < -0.4 is 9.47 Å². The lowest BCUT2D eigenvalue weighted by molar-refractivity contribution is -0.349. The first-order valence-corrected chi connectivity index (χ1v) is 13.0. The monoisotopic (exact) mass is 493 g/mol. The summed E-state index contributed by atoms with van der Waals surface area (Å²) in [7, 11) is 3.11. The summed E-state index contributed by atoms with van der Waals surface area (Å²) in [6, 6.07) is 4.21. The van der Waals surface area contributed by atoms with Crippen LogP contribution >= 0.6 is 0 Å². The molecule has 1 aromatic rings. The lowest BCUT2D eigenvalue weighted by atomic mass is 9.33. The van der Waals surface area contributed by atoms with E-state index in [1.165, 1.54) is 25.5 Å². The first-order chi connectivity index (χ1) is 16.6. The fourth-order valence-corrected chi connectivity index (χ4v) is 9.41. The minimum atomic E-state index is -4.77. The Bertz CT molecular complexity index is 1090. The van der Waals surface area contributed by atoms with Crippen molar-refractivity contribution in [1.29, 1.82) is 0 Å². The van der Waals surface area contributed by atoms with Crippen LogP contribution in [0.4, 0.5) is 13.2 Å². The fourth-order valence-electron chi connectivity index (χ4n) is 9.41. The second-order valence-electron chi connectivity index (χ2n) is 12.2. The zero-order valence-electron chi connectivity index (χ0n) is 20.6. The molecule has 192 valence electrons. The van der Waals surface area contributed by atoms with Crippen LogP contribution in [0.15, 0.2) is 12.1 Å². The number of nitrogens with zero attached hydrogens (tertiary/aromatic N) is 1. The van der Waals surface area contributed by atoms with Crippen LogP contribution in [0.25, 0.3) is 0 Å². The zero-order chi connectivity index (χ0) is 24.6. The number of rotatable bonds is 5. The van der Waals surface area contributed by atoms with E-state index < -0.39 is 40.2 Å². The van der Waals surface area contributed by atoms with Gasteiger partial charge in [-0.25, -0.2) is 0 Å². The van der Waals surface area contributed by atoms with E-state index in [1.807, 2.05) is 6.07 Å². The average Bonchev–Trinajstić information content (AvgIpc) is 3.56. The molecule has 0 aromatic heterocycles. The number of methoxy groups -OCH3 is 2. The third-order valence-corrected chi connectivity index (χ3v) is 11.1. The Kier molecular flexibility index (Phi) is 4.32. The molecule has 0 amide bonds. The second kappa shape index (κ2) is 6.67. The van der Waals surface area contributed by atoms with E-state index in [-0.39, 0.29) is 12.5 Å². The maximum absolute atomic E-state index is 14.4. The van der Waals surface area contributed by atoms with Gasteiger partial charge in [-0.15, -0.1) is 0 Å². The Hall–Kier alpha value is -1.51. The minimum Gasteiger partial charge on any atom is -0.493 e. The topological polar surface area (TPSA) is 51.2 Å². The molecule has 5 nitrogen and oxygen atoms in total. The lowest BCUT2D eigenvalue weighted by Crippen LogP contribution is -2.83. The van der Waals surface area contributed by atoms with Gasteiger partial charge in [-0.05, 0) is 76.0 Å². The standard InChI is InChI=1S/C27H34F3NO4/c1-23(32,27(28,29)30)18-13-24-8-9-26(18,34-3)22-25(24)10-11-31(14-15-4-5-15)19(24)12-16-6-7-17(33-2)21(35-22)20(16)25/h6-7,15,18-19,22,32H,4-5,8-14H2,1-3H3/t18-,19?,22?,23?,24-,25?,26-/m1/s1. The van der Waals surface area contributed by atoms with Crippen molar-refractivity contribution in [2.24, 2.45) is 17.3 Å². The third-order valence-electron chi connectivity index (χ3n) is 11.1. The van der Waals surface area contributed by atoms with E-state index in [0.717, 1.165) is 44.8 Å². The molecule has 4 saturated carbocycles. The molecule has 7 aliphatic rings. The number of ether oxygens (including phenoxy) is 3. The van der Waals surface area contributed by atoms with Crippen molar-refractivity contribution >= 4 is 0 Å². The van der Waals surface area contributed by atoms with Gasteiger partial charge < -0.3 is 19.3 Å². The number of piperidine rings is 1. The molecule has 1 N–H and O–H groups in total. The molecule has 7 atom stereocenters. The summed E-state index contributed by atoms with van der Waals surface area (Å²) < 4.78 is 61.7. The highest BCUT2D eigenvalue weighted by Gasteiger charge is 2.83. The molecular formula is C27H34F3NO4. The molecule has 5 fully saturated rings. The summed E-state index contributed by atoms with van der Waals surface area (Å²) in [5.41, 5.74) is -2.57. The van der Waals surface area contributed by atoms with Crippen molar-refractivity contribution in [3.63, 3.8) is 0 Å². The number of halogens is 3. The summed E-state index contributed by atoms with van der Waals surface area (Å²) in [6.45, 7) is 2.87. The molecule has 2 spiro atoms. The number of alkyl halides is 3. The molecule has 8 heteroatoms. The molecule has 1 saturated heterocycles. The van der Waals surface area contributed by atoms with Gasteiger partial charge in [0.2, 0.25) is 0 Å². The second-order valence-corrected chi connectivity index (χ2v) is 12.2. The Balaban J connectivity index is 1.48. The molecule has 2 aliphatic heterocycles. The summed E-state index contributed by atoms with van der Waals surface area (Å²) in [5.74, 6) is 0.899. The predicted octanol–water partition coefficient (Wildman–Crippen LogP) is 4.23. The molecule has 35 heavy (non-hydrogen) atoms. The molecule has 4 unspecified atom stereocenters. The number of hydrogen-bond acceptors (Lipinski definition) is 5. The van der Waals surface area contributed by atoms with E-state index >= 15 is 0 Å². The summed E-state index contributed by atoms with van der Waals surface area (Å²) in [6.07, 6.45) is 0.284. The number of aliphatic hydroxyl groups is 1. The SMILES string of the molecule is COc1ccc2c3c1OC1C34CCN(CC3CC3)C(C2)[C@]42CC[C@@]1(OC)[C@@H](C(C)(O)C(F)(F)F)C2. The van der Waals surface area contributed by atoms with Crippen LogP contribution in [-0.4, -0.2) is 66.8 Å². The van der Waals surface area contributed by atoms with Gasteiger partial charge in [0.1, 0.15) is 11.7 Å². The quantitative estimate of drug-likeness (QED) is 0.665. The van der Waals surface area contributed by atoms with Crippen LogP contribution in [0, 0.1) is 17.3 Å². The van der Waals surface area contributed by atoms with Crippen molar-refractivity contribution in [3.05, 3.63) is 23.3 Å². The largest absolute Gasteiger partial charge is 0.493 e. The van der Waals surface area contributed by atoms with Gasteiger partial charge in [0.05, 0.1) is 7.11 Å². The van der Waals surface area contributed by atoms with Gasteiger partial charge in [-0.2, -0.15) is 13.2 Å². The van der Waals surface area contributed by atoms with Crippen molar-refractivity contribution < 1.29 is 32.5 Å². The van der Waals surface area contributed by atoms with Gasteiger partial charge >= 0.3 is 6.18 Å². The van der Waals surface area contributed by atoms with Gasteiger partial charge in [0, 0.05) is 42.0 Å². The number of hydrogen-bond donors (Lipinski definition) is 1. The van der Waals surface area contributed by atoms with Crippen LogP contribution in [0.5, 0.6) is 11.5 Å². The number of benzene rings is 1. The van der Waals surface area contributed by atoms with Crippen LogP contribution in [0.3, 0.4) is 0 Å². The smallest absolute Gasteiger partial charge is 0.417 e. The highest BCUT2D eigenvalue weighted by Crippen LogP contribution is 2.78. The first kappa shape index (κ1) is 22.7. The Morgan fingerprint density at radius 2 is 1.94 bits per heavy atom. The van der Waals surface area contributed by atoms with Crippen molar-refractivity contribution in [2.45, 2.75) is 86.8 Å². The van der Waals surface area contributed by atoms with E-state index in [0.29, 0.717) is 23.8 Å². The molecule has 2 heterocycles.